The van der Waals surface area contributed by atoms with E-state index in [1.54, 1.807) is 0 Å². The fraction of sp³-hybridized carbons (Fsp3) is 0.217. The van der Waals surface area contributed by atoms with E-state index in [4.69, 9.17) is 57.2 Å². The average Bonchev–Trinajstić information content (AvgIpc) is 3.43. The zero-order chi connectivity index (χ0) is 34.1. The summed E-state index contributed by atoms with van der Waals surface area (Å²) in [4.78, 5) is 32.7. The number of aliphatic carboxylic acids is 1. The van der Waals surface area contributed by atoms with E-state index in [-0.39, 0.29) is 43.1 Å². The number of nitrogen functional groups attached to an aromatic ring is 1. The number of carbonyl (C=O) groups is 1. The van der Waals surface area contributed by atoms with Crippen LogP contribution in [0, 0.1) is 22.9 Å². The number of nitrogens with two attached hydrogens (primary N) is 1. The fourth-order valence-corrected chi connectivity index (χ4v) is 4.68. The minimum atomic E-state index is -4.63. The fourth-order valence-electron chi connectivity index (χ4n) is 3.64. The molecule has 0 spiro atoms. The van der Waals surface area contributed by atoms with E-state index in [1.807, 2.05) is 0 Å². The maximum atomic E-state index is 14.1. The van der Waals surface area contributed by atoms with Gasteiger partial charge in [0.05, 0.1) is 20.5 Å². The molecule has 0 saturated heterocycles. The molecule has 12 nitrogen and oxygen atoms in total. The van der Waals surface area contributed by atoms with Crippen LogP contribution in [0.25, 0.3) is 11.4 Å². The number of carboxylic acid groups (broad SMARTS) is 1. The van der Waals surface area contributed by atoms with E-state index in [9.17, 15) is 46.0 Å². The van der Waals surface area contributed by atoms with Gasteiger partial charge in [-0.1, -0.05) is 34.8 Å². The zero-order valence-corrected chi connectivity index (χ0v) is 24.9. The van der Waals surface area contributed by atoms with Crippen molar-refractivity contribution in [2.75, 3.05) is 5.73 Å². The third kappa shape index (κ3) is 7.63. The van der Waals surface area contributed by atoms with Crippen molar-refractivity contribution in [1.82, 2.24) is 24.1 Å². The van der Waals surface area contributed by atoms with Gasteiger partial charge in [-0.25, -0.2) is 18.4 Å². The molecule has 22 heteroatoms. The molecule has 0 bridgehead atoms. The molecule has 0 amide bonds. The first-order valence-corrected chi connectivity index (χ1v) is 13.2. The Morgan fingerprint density at radius 3 is 2.13 bits per heavy atom. The number of anilines is 1. The lowest BCUT2D eigenvalue weighted by atomic mass is 10.1. The number of hydrogen-bond acceptors (Lipinski definition) is 7. The Hall–Kier alpha value is -4.00. The third-order valence-electron chi connectivity index (χ3n) is 5.73. The Balaban J connectivity index is 0.000000248. The van der Waals surface area contributed by atoms with Crippen LogP contribution >= 0.6 is 46.4 Å². The molecule has 0 aliphatic rings. The van der Waals surface area contributed by atoms with Gasteiger partial charge in [-0.2, -0.15) is 31.7 Å². The minimum Gasteiger partial charge on any atom is -0.480 e. The molecule has 0 fully saturated rings. The molecule has 0 aliphatic carbocycles. The van der Waals surface area contributed by atoms with Crippen LogP contribution in [-0.2, 0) is 17.4 Å². The monoisotopic (exact) mass is 723 g/mol. The second kappa shape index (κ2) is 13.6. The summed E-state index contributed by atoms with van der Waals surface area (Å²) in [5.74, 6) is -3.00. The summed E-state index contributed by atoms with van der Waals surface area (Å²) in [6.45, 7) is -1.97. The Labute approximate surface area is 266 Å². The summed E-state index contributed by atoms with van der Waals surface area (Å²) in [6.07, 6.45) is -4.04. The summed E-state index contributed by atoms with van der Waals surface area (Å²) >= 11 is 23.0. The van der Waals surface area contributed by atoms with Crippen LogP contribution in [-0.4, -0.2) is 45.5 Å². The van der Waals surface area contributed by atoms with Crippen LogP contribution < -0.4 is 11.4 Å². The maximum Gasteiger partial charge on any atom is 0.416 e. The number of alkyl halides is 6. The van der Waals surface area contributed by atoms with Crippen molar-refractivity contribution < 1.29 is 41.2 Å². The number of rotatable bonds is 7. The summed E-state index contributed by atoms with van der Waals surface area (Å²) in [5.41, 5.74) is 2.24. The lowest BCUT2D eigenvalue weighted by molar-refractivity contribution is -0.383. The number of carboxylic acids is 1. The largest absolute Gasteiger partial charge is 0.480 e. The second-order valence-corrected chi connectivity index (χ2v) is 10.4. The molecular weight excluding hydrogens is 710 g/mol. The highest BCUT2D eigenvalue weighted by atomic mass is 35.5. The Kier molecular flexibility index (Phi) is 10.7. The van der Waals surface area contributed by atoms with Gasteiger partial charge < -0.3 is 10.8 Å². The van der Waals surface area contributed by atoms with Crippen LogP contribution in [0.1, 0.15) is 23.5 Å². The van der Waals surface area contributed by atoms with Crippen LogP contribution in [0.4, 0.5) is 37.8 Å². The number of halogens is 10. The van der Waals surface area contributed by atoms with E-state index in [1.165, 1.54) is 0 Å². The molecule has 0 aliphatic heterocycles. The normalized spacial score (nSPS) is 12.2. The molecule has 3 N–H and O–H groups in total. The highest BCUT2D eigenvalue weighted by Gasteiger charge is 2.33. The molecule has 0 radical (unpaired) electrons. The highest BCUT2D eigenvalue weighted by Crippen LogP contribution is 2.39. The molecule has 4 aromatic rings. The molecule has 2 heterocycles. The number of benzene rings is 2. The standard InChI is InChI=1S/C13H10Cl2F3N3O3.C10H5Cl2F3N4O2/c1-5-19-21(13(24)20(5)12(17)18)10-3-6(2-8(15)11(22)23)7(14)4-9(10)16;11-5-1-4(10(13,14)15)2-6(12)8(5)18-9(16)7(3-17-18)19(20)21/h3-4,8,12H,2H2,1H3,(H,22,23);1-3H,16H2. The molecule has 4 rings (SSSR count). The Morgan fingerprint density at radius 2 is 1.69 bits per heavy atom. The van der Waals surface area contributed by atoms with Gasteiger partial charge in [-0.05, 0) is 36.8 Å². The van der Waals surface area contributed by atoms with E-state index in [0.717, 1.165) is 29.9 Å². The first-order chi connectivity index (χ1) is 20.8. The number of aromatic nitrogens is 5. The van der Waals surface area contributed by atoms with Crippen molar-refractivity contribution in [2.24, 2.45) is 0 Å². The molecular formula is C23H15Cl4F6N7O5. The summed E-state index contributed by atoms with van der Waals surface area (Å²) in [7, 11) is 0. The first-order valence-electron chi connectivity index (χ1n) is 11.6. The summed E-state index contributed by atoms with van der Waals surface area (Å²) in [6, 6.07) is 3.16. The number of hydrogen-bond donors (Lipinski definition) is 2. The number of aryl methyl sites for hydroxylation is 1. The van der Waals surface area contributed by atoms with Gasteiger partial charge in [-0.3, -0.25) is 14.9 Å². The Morgan fingerprint density at radius 1 is 1.11 bits per heavy atom. The minimum absolute atomic E-state index is 0.0926. The van der Waals surface area contributed by atoms with Crippen molar-refractivity contribution in [1.29, 1.82) is 0 Å². The van der Waals surface area contributed by atoms with Crippen molar-refractivity contribution in [3.8, 4) is 11.4 Å². The van der Waals surface area contributed by atoms with Crippen molar-refractivity contribution in [3.63, 3.8) is 0 Å². The summed E-state index contributed by atoms with van der Waals surface area (Å²) < 4.78 is 79.0. The predicted octanol–water partition coefficient (Wildman–Crippen LogP) is 6.45. The predicted molar refractivity (Wildman–Crippen MR) is 149 cm³/mol. The summed E-state index contributed by atoms with van der Waals surface area (Å²) in [5, 5.41) is 24.5. The van der Waals surface area contributed by atoms with Gasteiger partial charge in [0.1, 0.15) is 28.8 Å². The molecule has 1 atom stereocenters. The smallest absolute Gasteiger partial charge is 0.416 e. The van der Waals surface area contributed by atoms with Crippen LogP contribution in [0.15, 0.2) is 35.3 Å². The molecule has 2 aromatic heterocycles. The molecule has 0 saturated carbocycles. The second-order valence-electron chi connectivity index (χ2n) is 8.66. The SMILES string of the molecule is Cc1nn(-c2cc(CC(Cl)C(=O)O)c(Cl)cc2F)c(=O)n1C(F)F.Nc1c([N+](=O)[O-])cnn1-c1c(Cl)cc(C(F)(F)F)cc1Cl. The van der Waals surface area contributed by atoms with Crippen molar-refractivity contribution in [2.45, 2.75) is 31.4 Å². The zero-order valence-electron chi connectivity index (χ0n) is 21.9. The number of nitrogens with zero attached hydrogens (tertiary/aromatic N) is 6. The lowest BCUT2D eigenvalue weighted by Gasteiger charge is -2.12. The molecule has 45 heavy (non-hydrogen) atoms. The van der Waals surface area contributed by atoms with E-state index in [2.05, 4.69) is 10.2 Å². The quantitative estimate of drug-likeness (QED) is 0.0950. The van der Waals surface area contributed by atoms with Gasteiger partial charge in [0.25, 0.3) is 0 Å². The van der Waals surface area contributed by atoms with Gasteiger partial charge in [0.2, 0.25) is 5.82 Å². The van der Waals surface area contributed by atoms with Gasteiger partial charge in [0.15, 0.2) is 5.82 Å². The van der Waals surface area contributed by atoms with Crippen LogP contribution in [0.3, 0.4) is 0 Å². The van der Waals surface area contributed by atoms with Crippen LogP contribution in [0.5, 0.6) is 0 Å². The molecule has 2 aromatic carbocycles. The maximum absolute atomic E-state index is 14.1. The first kappa shape index (κ1) is 35.5. The number of nitro groups is 1. The van der Waals surface area contributed by atoms with E-state index >= 15 is 0 Å². The average molecular weight is 725 g/mol. The Bertz CT molecular complexity index is 1820. The van der Waals surface area contributed by atoms with E-state index < -0.39 is 63.3 Å². The van der Waals surface area contributed by atoms with Crippen molar-refractivity contribution >= 4 is 63.9 Å². The van der Waals surface area contributed by atoms with Crippen LogP contribution in [0.2, 0.25) is 15.1 Å². The van der Waals surface area contributed by atoms with Gasteiger partial charge in [-0.15, -0.1) is 16.7 Å². The topological polar surface area (TPSA) is 164 Å². The third-order valence-corrected chi connectivity index (χ3v) is 6.99. The molecule has 242 valence electrons. The highest BCUT2D eigenvalue weighted by molar-refractivity contribution is 6.38. The van der Waals surface area contributed by atoms with Gasteiger partial charge >= 0.3 is 30.1 Å². The lowest BCUT2D eigenvalue weighted by Crippen LogP contribution is -2.25. The van der Waals surface area contributed by atoms with Gasteiger partial charge in [0, 0.05) is 11.4 Å². The van der Waals surface area contributed by atoms with Crippen molar-refractivity contribution in [3.05, 3.63) is 88.9 Å². The van der Waals surface area contributed by atoms with E-state index in [0.29, 0.717) is 16.8 Å². The molecule has 1 unspecified atom stereocenters.